The predicted molar refractivity (Wildman–Crippen MR) is 122 cm³/mol. The second-order valence-corrected chi connectivity index (χ2v) is 8.48. The summed E-state index contributed by atoms with van der Waals surface area (Å²) in [5, 5.41) is 7.80. The molecule has 1 aromatic carbocycles. The van der Waals surface area contributed by atoms with E-state index in [0.717, 1.165) is 5.56 Å². The van der Waals surface area contributed by atoms with E-state index in [4.69, 9.17) is 20.9 Å². The van der Waals surface area contributed by atoms with Crippen LogP contribution in [0, 0.1) is 6.92 Å². The molecule has 166 valence electrons. The Kier molecular flexibility index (Phi) is 6.63. The number of aromatic nitrogens is 4. The van der Waals surface area contributed by atoms with E-state index in [0.29, 0.717) is 57.0 Å². The summed E-state index contributed by atoms with van der Waals surface area (Å²) in [4.78, 5) is 35.2. The summed E-state index contributed by atoms with van der Waals surface area (Å²) >= 11 is 7.33. The van der Waals surface area contributed by atoms with E-state index >= 15 is 0 Å². The summed E-state index contributed by atoms with van der Waals surface area (Å²) in [7, 11) is 1.60. The Bertz CT molecular complexity index is 1330. The maximum absolute atomic E-state index is 13.0. The van der Waals surface area contributed by atoms with Gasteiger partial charge in [-0.25, -0.2) is 4.98 Å². The number of amides is 1. The number of ether oxygens (including phenoxy) is 1. The molecule has 32 heavy (non-hydrogen) atoms. The van der Waals surface area contributed by atoms with Crippen LogP contribution >= 0.6 is 22.9 Å². The van der Waals surface area contributed by atoms with E-state index in [9.17, 15) is 9.59 Å². The van der Waals surface area contributed by atoms with Crippen molar-refractivity contribution in [1.82, 2.24) is 25.0 Å². The number of halogens is 1. The number of methoxy groups -OCH3 is 1. The van der Waals surface area contributed by atoms with Gasteiger partial charge in [-0.15, -0.1) is 11.3 Å². The lowest BCUT2D eigenvalue weighted by atomic mass is 10.2. The summed E-state index contributed by atoms with van der Waals surface area (Å²) in [6.45, 7) is 2.72. The number of carbonyl (C=O) groups excluding carboxylic acids is 1. The number of rotatable bonds is 8. The molecular weight excluding hydrogens is 454 g/mol. The second kappa shape index (κ2) is 9.60. The highest BCUT2D eigenvalue weighted by Gasteiger charge is 2.21. The first-order valence-electron chi connectivity index (χ1n) is 9.82. The number of hydrogen-bond acceptors (Lipinski definition) is 8. The molecule has 3 heterocycles. The van der Waals surface area contributed by atoms with Gasteiger partial charge in [-0.05, 0) is 31.0 Å². The normalized spacial score (nSPS) is 11.2. The summed E-state index contributed by atoms with van der Waals surface area (Å²) in [5.41, 5.74) is 1.11. The number of aryl methyl sites for hydroxylation is 1. The van der Waals surface area contributed by atoms with E-state index < -0.39 is 0 Å². The monoisotopic (exact) mass is 473 g/mol. The van der Waals surface area contributed by atoms with Crippen LogP contribution in [0.2, 0.25) is 5.02 Å². The summed E-state index contributed by atoms with van der Waals surface area (Å²) in [6.07, 6.45) is 2.08. The SMILES string of the molecule is COCCCNC(=O)Cn1cnc2sc(-c3nc(-c4cccc(Cl)c4)no3)c(C)c2c1=O. The average Bonchev–Trinajstić information content (AvgIpc) is 3.38. The fraction of sp³-hybridized carbons (Fsp3) is 0.286. The molecular formula is C21H20ClN5O4S. The number of thiophene rings is 1. The molecule has 1 N–H and O–H groups in total. The highest BCUT2D eigenvalue weighted by Crippen LogP contribution is 2.35. The molecule has 0 radical (unpaired) electrons. The topological polar surface area (TPSA) is 112 Å². The lowest BCUT2D eigenvalue weighted by molar-refractivity contribution is -0.121. The molecule has 0 saturated carbocycles. The maximum Gasteiger partial charge on any atom is 0.268 e. The first kappa shape index (κ1) is 22.1. The molecule has 0 fully saturated rings. The summed E-state index contributed by atoms with van der Waals surface area (Å²) < 4.78 is 11.7. The minimum atomic E-state index is -0.295. The Morgan fingerprint density at radius 1 is 1.38 bits per heavy atom. The van der Waals surface area contributed by atoms with Gasteiger partial charge in [0.2, 0.25) is 11.7 Å². The predicted octanol–water partition coefficient (Wildman–Crippen LogP) is 3.29. The number of carbonyl (C=O) groups is 1. The van der Waals surface area contributed by atoms with Crippen LogP contribution in [-0.4, -0.2) is 45.9 Å². The first-order chi connectivity index (χ1) is 15.5. The van der Waals surface area contributed by atoms with Crippen LogP contribution in [0.5, 0.6) is 0 Å². The third-order valence-corrected chi connectivity index (χ3v) is 6.20. The Hall–Kier alpha value is -3.08. The van der Waals surface area contributed by atoms with Gasteiger partial charge in [0.15, 0.2) is 0 Å². The fourth-order valence-corrected chi connectivity index (χ4v) is 4.44. The van der Waals surface area contributed by atoms with E-state index in [2.05, 4.69) is 20.4 Å². The molecule has 1 amide bonds. The van der Waals surface area contributed by atoms with Gasteiger partial charge in [-0.3, -0.25) is 14.2 Å². The Morgan fingerprint density at radius 3 is 3.00 bits per heavy atom. The van der Waals surface area contributed by atoms with Crippen LogP contribution in [-0.2, 0) is 16.1 Å². The molecule has 0 bridgehead atoms. The molecule has 11 heteroatoms. The maximum atomic E-state index is 13.0. The van der Waals surface area contributed by atoms with Crippen molar-refractivity contribution in [3.05, 3.63) is 51.5 Å². The Morgan fingerprint density at radius 2 is 2.22 bits per heavy atom. The molecule has 3 aromatic heterocycles. The molecule has 0 aliphatic heterocycles. The zero-order chi connectivity index (χ0) is 22.7. The third-order valence-electron chi connectivity index (χ3n) is 4.78. The van der Waals surface area contributed by atoms with Gasteiger partial charge in [0.25, 0.3) is 11.4 Å². The molecule has 0 spiro atoms. The number of hydrogen-bond donors (Lipinski definition) is 1. The van der Waals surface area contributed by atoms with Crippen LogP contribution in [0.4, 0.5) is 0 Å². The van der Waals surface area contributed by atoms with Crippen LogP contribution in [0.1, 0.15) is 12.0 Å². The molecule has 4 aromatic rings. The van der Waals surface area contributed by atoms with Gasteiger partial charge in [-0.2, -0.15) is 4.98 Å². The van der Waals surface area contributed by atoms with E-state index in [-0.39, 0.29) is 18.0 Å². The Labute approximate surface area is 192 Å². The van der Waals surface area contributed by atoms with Crippen molar-refractivity contribution in [3.8, 4) is 22.2 Å². The number of nitrogens with zero attached hydrogens (tertiary/aromatic N) is 4. The van der Waals surface area contributed by atoms with Crippen molar-refractivity contribution < 1.29 is 14.1 Å². The van der Waals surface area contributed by atoms with Crippen molar-refractivity contribution in [1.29, 1.82) is 0 Å². The zero-order valence-corrected chi connectivity index (χ0v) is 19.0. The van der Waals surface area contributed by atoms with Crippen LogP contribution < -0.4 is 10.9 Å². The smallest absolute Gasteiger partial charge is 0.268 e. The summed E-state index contributed by atoms with van der Waals surface area (Å²) in [6, 6.07) is 7.14. The lowest BCUT2D eigenvalue weighted by Gasteiger charge is -2.07. The highest BCUT2D eigenvalue weighted by atomic mass is 35.5. The van der Waals surface area contributed by atoms with Gasteiger partial charge in [0.1, 0.15) is 11.4 Å². The van der Waals surface area contributed by atoms with Gasteiger partial charge in [0, 0.05) is 30.8 Å². The molecule has 0 atom stereocenters. The average molecular weight is 474 g/mol. The van der Waals surface area contributed by atoms with E-state index in [1.807, 2.05) is 6.07 Å². The van der Waals surface area contributed by atoms with Gasteiger partial charge < -0.3 is 14.6 Å². The van der Waals surface area contributed by atoms with E-state index in [1.54, 1.807) is 32.2 Å². The lowest BCUT2D eigenvalue weighted by Crippen LogP contribution is -2.33. The quantitative estimate of drug-likeness (QED) is 0.391. The van der Waals surface area contributed by atoms with Crippen molar-refractivity contribution in [3.63, 3.8) is 0 Å². The van der Waals surface area contributed by atoms with Crippen LogP contribution in [0.25, 0.3) is 32.4 Å². The molecule has 0 unspecified atom stereocenters. The zero-order valence-electron chi connectivity index (χ0n) is 17.4. The largest absolute Gasteiger partial charge is 0.385 e. The molecule has 0 aliphatic carbocycles. The van der Waals surface area contributed by atoms with Gasteiger partial charge >= 0.3 is 0 Å². The third kappa shape index (κ3) is 4.57. The van der Waals surface area contributed by atoms with Crippen molar-refractivity contribution >= 4 is 39.1 Å². The molecule has 0 saturated heterocycles. The van der Waals surface area contributed by atoms with Gasteiger partial charge in [0.05, 0.1) is 16.6 Å². The van der Waals surface area contributed by atoms with Crippen molar-refractivity contribution in [2.24, 2.45) is 0 Å². The minimum absolute atomic E-state index is 0.112. The molecule has 0 aliphatic rings. The van der Waals surface area contributed by atoms with Gasteiger partial charge in [-0.1, -0.05) is 28.9 Å². The standard InChI is InChI=1S/C21H20ClN5O4S/c1-12-16-20(24-11-27(21(16)29)10-15(28)23-7-4-8-30-2)32-17(12)19-25-18(26-31-19)13-5-3-6-14(22)9-13/h3,5-6,9,11H,4,7-8,10H2,1-2H3,(H,23,28). The van der Waals surface area contributed by atoms with E-state index in [1.165, 1.54) is 22.2 Å². The number of fused-ring (bicyclic) bond motifs is 1. The molecule has 4 rings (SSSR count). The number of benzene rings is 1. The second-order valence-electron chi connectivity index (χ2n) is 7.04. The molecule has 9 nitrogen and oxygen atoms in total. The Balaban J connectivity index is 1.60. The van der Waals surface area contributed by atoms with Crippen molar-refractivity contribution in [2.45, 2.75) is 19.9 Å². The summed E-state index contributed by atoms with van der Waals surface area (Å²) in [5.74, 6) is 0.428. The minimum Gasteiger partial charge on any atom is -0.385 e. The highest BCUT2D eigenvalue weighted by molar-refractivity contribution is 7.22. The van der Waals surface area contributed by atoms with Crippen LogP contribution in [0.3, 0.4) is 0 Å². The fourth-order valence-electron chi connectivity index (χ4n) is 3.19. The van der Waals surface area contributed by atoms with Crippen molar-refractivity contribution in [2.75, 3.05) is 20.3 Å². The number of nitrogens with one attached hydrogen (secondary N) is 1. The van der Waals surface area contributed by atoms with Crippen LogP contribution in [0.15, 0.2) is 39.9 Å². The first-order valence-corrected chi connectivity index (χ1v) is 11.0.